The second-order valence-corrected chi connectivity index (χ2v) is 7.98. The summed E-state index contributed by atoms with van der Waals surface area (Å²) in [5, 5.41) is 3.37. The molecule has 1 N–H and O–H groups in total. The van der Waals surface area contributed by atoms with Crippen LogP contribution in [0.1, 0.15) is 52.0 Å². The largest absolute Gasteiger partial charge is 0.319 e. The van der Waals surface area contributed by atoms with Crippen molar-refractivity contribution >= 4 is 0 Å². The minimum Gasteiger partial charge on any atom is -0.319 e. The van der Waals surface area contributed by atoms with E-state index in [0.29, 0.717) is 10.8 Å². The number of nitrogens with one attached hydrogen (secondary N) is 1. The Morgan fingerprint density at radius 3 is 2.43 bits per heavy atom. The molecule has 21 heavy (non-hydrogen) atoms. The van der Waals surface area contributed by atoms with Gasteiger partial charge < -0.3 is 5.32 Å². The van der Waals surface area contributed by atoms with Gasteiger partial charge in [-0.1, -0.05) is 32.9 Å². The maximum absolute atomic E-state index is 13.4. The third-order valence-electron chi connectivity index (χ3n) is 5.29. The Bertz CT molecular complexity index is 453. The van der Waals surface area contributed by atoms with Crippen molar-refractivity contribution < 1.29 is 4.39 Å². The van der Waals surface area contributed by atoms with Gasteiger partial charge in [-0.05, 0) is 73.6 Å². The van der Waals surface area contributed by atoms with E-state index in [1.54, 1.807) is 6.07 Å². The van der Waals surface area contributed by atoms with Gasteiger partial charge in [0, 0.05) is 6.54 Å². The van der Waals surface area contributed by atoms with Crippen LogP contribution in [0.5, 0.6) is 0 Å². The minimum absolute atomic E-state index is 0.115. The van der Waals surface area contributed by atoms with Gasteiger partial charge in [0.25, 0.3) is 0 Å². The molecule has 1 fully saturated rings. The summed E-state index contributed by atoms with van der Waals surface area (Å²) in [4.78, 5) is 0. The van der Waals surface area contributed by atoms with E-state index in [1.165, 1.54) is 31.7 Å². The fraction of sp³-hybridized carbons (Fsp3) is 0.684. The van der Waals surface area contributed by atoms with Crippen molar-refractivity contribution in [3.8, 4) is 0 Å². The molecular formula is C19H30FN. The predicted octanol–water partition coefficient (Wildman–Crippen LogP) is 4.81. The van der Waals surface area contributed by atoms with E-state index in [-0.39, 0.29) is 5.82 Å². The van der Waals surface area contributed by atoms with Crippen LogP contribution in [-0.4, -0.2) is 13.6 Å². The van der Waals surface area contributed by atoms with Gasteiger partial charge in [0.15, 0.2) is 0 Å². The molecule has 1 saturated carbocycles. The third kappa shape index (κ3) is 4.29. The van der Waals surface area contributed by atoms with Crippen LogP contribution in [0, 0.1) is 22.6 Å². The van der Waals surface area contributed by atoms with E-state index < -0.39 is 0 Å². The van der Waals surface area contributed by atoms with Crippen LogP contribution < -0.4 is 5.32 Å². The summed E-state index contributed by atoms with van der Waals surface area (Å²) in [6, 6.07) is 7.13. The first kappa shape index (κ1) is 16.5. The normalized spacial score (nSPS) is 26.8. The molecule has 0 bridgehead atoms. The van der Waals surface area contributed by atoms with Gasteiger partial charge in [-0.15, -0.1) is 0 Å². The summed E-state index contributed by atoms with van der Waals surface area (Å²) >= 11 is 0. The molecule has 0 radical (unpaired) electrons. The highest BCUT2D eigenvalue weighted by molar-refractivity contribution is 5.18. The maximum Gasteiger partial charge on any atom is 0.123 e. The lowest BCUT2D eigenvalue weighted by molar-refractivity contribution is 0.0876. The molecule has 0 saturated heterocycles. The topological polar surface area (TPSA) is 12.0 Å². The summed E-state index contributed by atoms with van der Waals surface area (Å²) in [6.07, 6.45) is 6.06. The Balaban J connectivity index is 2.09. The quantitative estimate of drug-likeness (QED) is 0.839. The average Bonchev–Trinajstić information content (AvgIpc) is 2.38. The van der Waals surface area contributed by atoms with Gasteiger partial charge in [-0.2, -0.15) is 0 Å². The first-order valence-corrected chi connectivity index (χ1v) is 8.24. The Labute approximate surface area is 129 Å². The minimum atomic E-state index is -0.115. The number of hydrogen-bond donors (Lipinski definition) is 1. The molecule has 1 aliphatic rings. The first-order valence-electron chi connectivity index (χ1n) is 8.24. The van der Waals surface area contributed by atoms with Crippen LogP contribution >= 0.6 is 0 Å². The molecule has 2 heteroatoms. The van der Waals surface area contributed by atoms with Crippen LogP contribution in [0.2, 0.25) is 0 Å². The zero-order valence-electron chi connectivity index (χ0n) is 14.0. The maximum atomic E-state index is 13.4. The lowest BCUT2D eigenvalue weighted by Gasteiger charge is -2.44. The molecular weight excluding hydrogens is 261 g/mol. The van der Waals surface area contributed by atoms with E-state index >= 15 is 0 Å². The fourth-order valence-electron chi connectivity index (χ4n) is 3.97. The van der Waals surface area contributed by atoms with Crippen molar-refractivity contribution in [2.24, 2.45) is 16.7 Å². The number of rotatable bonds is 4. The summed E-state index contributed by atoms with van der Waals surface area (Å²) in [5.74, 6) is 0.700. The van der Waals surface area contributed by atoms with Crippen LogP contribution in [0.25, 0.3) is 0 Å². The van der Waals surface area contributed by atoms with Crippen molar-refractivity contribution in [2.45, 2.75) is 52.9 Å². The molecule has 2 rings (SSSR count). The SMILES string of the molecule is CNCC1(Cc2cccc(F)c2)CCC(C(C)(C)C)CC1. The molecule has 0 aromatic heterocycles. The predicted molar refractivity (Wildman–Crippen MR) is 87.9 cm³/mol. The number of benzene rings is 1. The molecule has 1 aromatic carbocycles. The third-order valence-corrected chi connectivity index (χ3v) is 5.29. The summed E-state index contributed by atoms with van der Waals surface area (Å²) in [7, 11) is 2.03. The van der Waals surface area contributed by atoms with Crippen LogP contribution in [-0.2, 0) is 6.42 Å². The highest BCUT2D eigenvalue weighted by atomic mass is 19.1. The van der Waals surface area contributed by atoms with Gasteiger partial charge in [0.2, 0.25) is 0 Å². The zero-order valence-corrected chi connectivity index (χ0v) is 14.0. The van der Waals surface area contributed by atoms with Gasteiger partial charge in [0.1, 0.15) is 5.82 Å². The van der Waals surface area contributed by atoms with Crippen molar-refractivity contribution in [3.05, 3.63) is 35.6 Å². The fourth-order valence-corrected chi connectivity index (χ4v) is 3.97. The van der Waals surface area contributed by atoms with Gasteiger partial charge in [-0.3, -0.25) is 0 Å². The first-order chi connectivity index (χ1) is 9.85. The van der Waals surface area contributed by atoms with Gasteiger partial charge >= 0.3 is 0 Å². The highest BCUT2D eigenvalue weighted by Gasteiger charge is 2.38. The Kier molecular flexibility index (Phi) is 5.08. The van der Waals surface area contributed by atoms with Crippen LogP contribution in [0.3, 0.4) is 0 Å². The average molecular weight is 291 g/mol. The molecule has 0 amide bonds. The lowest BCUT2D eigenvalue weighted by atomic mass is 9.62. The van der Waals surface area contributed by atoms with Crippen molar-refractivity contribution in [2.75, 3.05) is 13.6 Å². The van der Waals surface area contributed by atoms with E-state index in [0.717, 1.165) is 24.4 Å². The smallest absolute Gasteiger partial charge is 0.123 e. The Hall–Kier alpha value is -0.890. The monoisotopic (exact) mass is 291 g/mol. The standard InChI is InChI=1S/C19H30FN/c1-18(2,3)16-8-10-19(11-9-16,14-21-4)13-15-6-5-7-17(20)12-15/h5-7,12,16,21H,8-11,13-14H2,1-4H3. The summed E-state index contributed by atoms with van der Waals surface area (Å²) in [5.41, 5.74) is 1.84. The molecule has 0 atom stereocenters. The van der Waals surface area contributed by atoms with Gasteiger partial charge in [0.05, 0.1) is 0 Å². The van der Waals surface area contributed by atoms with Crippen LogP contribution in [0.4, 0.5) is 4.39 Å². The Morgan fingerprint density at radius 2 is 1.90 bits per heavy atom. The van der Waals surface area contributed by atoms with Crippen molar-refractivity contribution in [3.63, 3.8) is 0 Å². The number of halogens is 1. The van der Waals surface area contributed by atoms with E-state index in [1.807, 2.05) is 13.1 Å². The molecule has 1 nitrogen and oxygen atoms in total. The van der Waals surface area contributed by atoms with Gasteiger partial charge in [-0.25, -0.2) is 4.39 Å². The second kappa shape index (κ2) is 6.48. The molecule has 0 spiro atoms. The molecule has 1 aliphatic carbocycles. The summed E-state index contributed by atoms with van der Waals surface area (Å²) in [6.45, 7) is 8.10. The van der Waals surface area contributed by atoms with Crippen molar-refractivity contribution in [1.82, 2.24) is 5.32 Å². The molecule has 0 unspecified atom stereocenters. The molecule has 0 aliphatic heterocycles. The van der Waals surface area contributed by atoms with E-state index in [2.05, 4.69) is 32.2 Å². The van der Waals surface area contributed by atoms with E-state index in [4.69, 9.17) is 0 Å². The number of hydrogen-bond acceptors (Lipinski definition) is 1. The molecule has 0 heterocycles. The van der Waals surface area contributed by atoms with Crippen LogP contribution in [0.15, 0.2) is 24.3 Å². The molecule has 118 valence electrons. The molecule has 1 aromatic rings. The Morgan fingerprint density at radius 1 is 1.24 bits per heavy atom. The zero-order chi connectivity index (χ0) is 15.5. The second-order valence-electron chi connectivity index (χ2n) is 7.98. The lowest BCUT2D eigenvalue weighted by Crippen LogP contribution is -2.40. The summed E-state index contributed by atoms with van der Waals surface area (Å²) < 4.78 is 13.4. The highest BCUT2D eigenvalue weighted by Crippen LogP contribution is 2.46. The van der Waals surface area contributed by atoms with E-state index in [9.17, 15) is 4.39 Å². The van der Waals surface area contributed by atoms with Crippen molar-refractivity contribution in [1.29, 1.82) is 0 Å².